The van der Waals surface area contributed by atoms with Crippen molar-refractivity contribution in [1.82, 2.24) is 14.3 Å². The van der Waals surface area contributed by atoms with Crippen molar-refractivity contribution in [3.8, 4) is 0 Å². The minimum absolute atomic E-state index is 0.258. The molecule has 0 spiro atoms. The lowest BCUT2D eigenvalue weighted by molar-refractivity contribution is 0.514. The second-order valence-corrected chi connectivity index (χ2v) is 8.75. The first-order valence-corrected chi connectivity index (χ1v) is 10.9. The van der Waals surface area contributed by atoms with Crippen LogP contribution in [0.4, 0.5) is 8.78 Å². The summed E-state index contributed by atoms with van der Waals surface area (Å²) in [6.07, 6.45) is 1.64. The molecule has 1 atom stereocenters. The van der Waals surface area contributed by atoms with Crippen molar-refractivity contribution in [1.29, 1.82) is 0 Å². The molecule has 0 aliphatic heterocycles. The van der Waals surface area contributed by atoms with Gasteiger partial charge in [0.05, 0.1) is 29.2 Å². The van der Waals surface area contributed by atoms with Crippen molar-refractivity contribution < 1.29 is 17.2 Å². The van der Waals surface area contributed by atoms with Crippen molar-refractivity contribution >= 4 is 21.1 Å². The van der Waals surface area contributed by atoms with Crippen LogP contribution in [-0.2, 0) is 22.3 Å². The summed E-state index contributed by atoms with van der Waals surface area (Å²) in [5.74, 6) is -1.27. The Hall–Kier alpha value is -3.10. The molecule has 4 aromatic rings. The van der Waals surface area contributed by atoms with Gasteiger partial charge in [-0.25, -0.2) is 26.9 Å². The normalized spacial score (nSPS) is 12.9. The van der Waals surface area contributed by atoms with Crippen LogP contribution >= 0.6 is 0 Å². The van der Waals surface area contributed by atoms with E-state index in [0.29, 0.717) is 11.1 Å². The minimum atomic E-state index is -3.81. The van der Waals surface area contributed by atoms with E-state index in [4.69, 9.17) is 0 Å². The molecule has 0 fully saturated rings. The van der Waals surface area contributed by atoms with E-state index in [2.05, 4.69) is 9.71 Å². The number of para-hydroxylation sites is 2. The highest BCUT2D eigenvalue weighted by Crippen LogP contribution is 2.21. The maximum atomic E-state index is 13.4. The third-order valence-corrected chi connectivity index (χ3v) is 6.10. The summed E-state index contributed by atoms with van der Waals surface area (Å²) in [4.78, 5) is 4.34. The quantitative estimate of drug-likeness (QED) is 0.481. The van der Waals surface area contributed by atoms with Gasteiger partial charge in [0.15, 0.2) is 0 Å². The molecule has 3 aromatic carbocycles. The van der Waals surface area contributed by atoms with Crippen LogP contribution in [0.1, 0.15) is 17.2 Å². The molecule has 1 aromatic heterocycles. The Balaban J connectivity index is 1.64. The summed E-state index contributed by atoms with van der Waals surface area (Å²) in [5.41, 5.74) is 2.59. The van der Waals surface area contributed by atoms with Gasteiger partial charge in [0, 0.05) is 6.54 Å². The smallest absolute Gasteiger partial charge is 0.216 e. The SMILES string of the molecule is O=S(=O)(Cc1cccc(F)c1)NC(Cn1cnc2ccccc21)c1ccc(F)cc1. The van der Waals surface area contributed by atoms with E-state index in [1.54, 1.807) is 24.5 Å². The van der Waals surface area contributed by atoms with Crippen LogP contribution < -0.4 is 4.72 Å². The van der Waals surface area contributed by atoms with Gasteiger partial charge in [0.2, 0.25) is 10.0 Å². The van der Waals surface area contributed by atoms with Gasteiger partial charge in [-0.05, 0) is 47.5 Å². The van der Waals surface area contributed by atoms with E-state index in [0.717, 1.165) is 11.0 Å². The summed E-state index contributed by atoms with van der Waals surface area (Å²) in [7, 11) is -3.81. The van der Waals surface area contributed by atoms with E-state index >= 15 is 0 Å². The van der Waals surface area contributed by atoms with Crippen molar-refractivity contribution in [3.05, 3.63) is 102 Å². The third-order valence-electron chi connectivity index (χ3n) is 4.75. The van der Waals surface area contributed by atoms with Crippen molar-refractivity contribution in [2.24, 2.45) is 0 Å². The standard InChI is InChI=1S/C22H19F2N3O2S/c23-18-10-8-17(9-11-18)21(13-27-15-25-20-6-1-2-7-22(20)27)26-30(28,29)14-16-4-3-5-19(24)12-16/h1-12,15,21,26H,13-14H2. The predicted octanol–water partition coefficient (Wildman–Crippen LogP) is 4.18. The minimum Gasteiger partial charge on any atom is -0.329 e. The topological polar surface area (TPSA) is 64.0 Å². The number of benzene rings is 3. The Kier molecular flexibility index (Phi) is 5.61. The number of sulfonamides is 1. The largest absolute Gasteiger partial charge is 0.329 e. The monoisotopic (exact) mass is 427 g/mol. The molecule has 0 aliphatic rings. The number of hydrogen-bond donors (Lipinski definition) is 1. The number of hydrogen-bond acceptors (Lipinski definition) is 3. The molecule has 8 heteroatoms. The van der Waals surface area contributed by atoms with Crippen molar-refractivity contribution in [3.63, 3.8) is 0 Å². The number of nitrogens with one attached hydrogen (secondary N) is 1. The molecule has 0 radical (unpaired) electrons. The van der Waals surface area contributed by atoms with Crippen LogP contribution in [0.3, 0.4) is 0 Å². The molecule has 0 bridgehead atoms. The van der Waals surface area contributed by atoms with Gasteiger partial charge in [-0.15, -0.1) is 0 Å². The number of nitrogens with zero attached hydrogens (tertiary/aromatic N) is 2. The molecule has 0 aliphatic carbocycles. The summed E-state index contributed by atoms with van der Waals surface area (Å²) in [6, 6.07) is 18.0. The number of rotatable bonds is 7. The van der Waals surface area contributed by atoms with Gasteiger partial charge in [-0.3, -0.25) is 0 Å². The summed E-state index contributed by atoms with van der Waals surface area (Å²) in [6.45, 7) is 0.258. The molecule has 5 nitrogen and oxygen atoms in total. The number of aromatic nitrogens is 2. The van der Waals surface area contributed by atoms with E-state index in [1.165, 1.54) is 30.3 Å². The molecule has 1 N–H and O–H groups in total. The van der Waals surface area contributed by atoms with Gasteiger partial charge >= 0.3 is 0 Å². The first-order chi connectivity index (χ1) is 14.4. The van der Waals surface area contributed by atoms with Crippen molar-refractivity contribution in [2.75, 3.05) is 0 Å². The first-order valence-electron chi connectivity index (χ1n) is 9.29. The van der Waals surface area contributed by atoms with Gasteiger partial charge in [-0.1, -0.05) is 36.4 Å². The zero-order valence-corrected chi connectivity index (χ0v) is 16.7. The average Bonchev–Trinajstić information content (AvgIpc) is 3.10. The van der Waals surface area contributed by atoms with Crippen LogP contribution in [-0.4, -0.2) is 18.0 Å². The molecule has 0 amide bonds. The third kappa shape index (κ3) is 4.72. The van der Waals surface area contributed by atoms with Crippen LogP contribution in [0.5, 0.6) is 0 Å². The van der Waals surface area contributed by atoms with Crippen LogP contribution in [0.2, 0.25) is 0 Å². The van der Waals surface area contributed by atoms with Gasteiger partial charge < -0.3 is 4.57 Å². The molecule has 30 heavy (non-hydrogen) atoms. The Labute approximate surface area is 173 Å². The highest BCUT2D eigenvalue weighted by atomic mass is 32.2. The van der Waals surface area contributed by atoms with Gasteiger partial charge in [0.1, 0.15) is 11.6 Å². The zero-order chi connectivity index (χ0) is 21.1. The maximum Gasteiger partial charge on any atom is 0.216 e. The highest BCUT2D eigenvalue weighted by Gasteiger charge is 2.22. The lowest BCUT2D eigenvalue weighted by Gasteiger charge is -2.20. The Morgan fingerprint density at radius 1 is 0.933 bits per heavy atom. The average molecular weight is 427 g/mol. The van der Waals surface area contributed by atoms with Crippen molar-refractivity contribution in [2.45, 2.75) is 18.3 Å². The van der Waals surface area contributed by atoms with E-state index in [-0.39, 0.29) is 12.3 Å². The number of halogens is 2. The Morgan fingerprint density at radius 2 is 1.70 bits per heavy atom. The maximum absolute atomic E-state index is 13.4. The molecule has 1 heterocycles. The second kappa shape index (κ2) is 8.33. The second-order valence-electron chi connectivity index (χ2n) is 7.00. The van der Waals surface area contributed by atoms with E-state index in [9.17, 15) is 17.2 Å². The Morgan fingerprint density at radius 3 is 2.47 bits per heavy atom. The summed E-state index contributed by atoms with van der Waals surface area (Å²) < 4.78 is 57.0. The van der Waals surface area contributed by atoms with Crippen LogP contribution in [0, 0.1) is 11.6 Å². The summed E-state index contributed by atoms with van der Waals surface area (Å²) in [5, 5.41) is 0. The molecule has 0 saturated heterocycles. The molecule has 154 valence electrons. The molecule has 4 rings (SSSR count). The molecular weight excluding hydrogens is 408 g/mol. The highest BCUT2D eigenvalue weighted by molar-refractivity contribution is 7.88. The lowest BCUT2D eigenvalue weighted by atomic mass is 10.1. The lowest BCUT2D eigenvalue weighted by Crippen LogP contribution is -2.32. The van der Waals surface area contributed by atoms with E-state index < -0.39 is 27.7 Å². The molecule has 0 saturated carbocycles. The fraction of sp³-hybridized carbons (Fsp3) is 0.136. The number of imidazole rings is 1. The number of fused-ring (bicyclic) bond motifs is 1. The molecule has 1 unspecified atom stereocenters. The first kappa shape index (κ1) is 20.2. The molecular formula is C22H19F2N3O2S. The fourth-order valence-electron chi connectivity index (χ4n) is 3.36. The van der Waals surface area contributed by atoms with Crippen LogP contribution in [0.25, 0.3) is 11.0 Å². The fourth-order valence-corrected chi connectivity index (χ4v) is 4.71. The predicted molar refractivity (Wildman–Crippen MR) is 111 cm³/mol. The van der Waals surface area contributed by atoms with Gasteiger partial charge in [-0.2, -0.15) is 0 Å². The van der Waals surface area contributed by atoms with Gasteiger partial charge in [0.25, 0.3) is 0 Å². The van der Waals surface area contributed by atoms with E-state index in [1.807, 2.05) is 28.8 Å². The Bertz CT molecular complexity index is 1270. The van der Waals surface area contributed by atoms with Crippen LogP contribution in [0.15, 0.2) is 79.1 Å². The zero-order valence-electron chi connectivity index (χ0n) is 15.9. The summed E-state index contributed by atoms with van der Waals surface area (Å²) >= 11 is 0.